The molecule has 1 heterocycles. The van der Waals surface area contributed by atoms with Crippen LogP contribution in [0.2, 0.25) is 5.02 Å². The summed E-state index contributed by atoms with van der Waals surface area (Å²) in [7, 11) is 0. The topological polar surface area (TPSA) is 83.0 Å². The van der Waals surface area contributed by atoms with E-state index in [1.54, 1.807) is 12.1 Å². The minimum atomic E-state index is -0.231. The number of esters is 1. The highest BCUT2D eigenvalue weighted by Gasteiger charge is 2.33. The number of carbonyl (C=O) groups is 1. The number of halogens is 1. The quantitative estimate of drug-likeness (QED) is 0.421. The second-order valence-corrected chi connectivity index (χ2v) is 9.21. The van der Waals surface area contributed by atoms with E-state index in [9.17, 15) is 4.79 Å². The Morgan fingerprint density at radius 3 is 2.71 bits per heavy atom. The molecular weight excluding hydrogens is 396 g/mol. The second-order valence-electron chi connectivity index (χ2n) is 7.83. The van der Waals surface area contributed by atoms with Gasteiger partial charge in [-0.15, -0.1) is 10.2 Å². The first kappa shape index (κ1) is 21.0. The average molecular weight is 423 g/mol. The SMILES string of the molecule is CC(C)[C@H]1CC[C@@H](C)C[C@@H]1OC(=O)CSc1nnc(-c2ccc(Cl)cc2)n1N. The summed E-state index contributed by atoms with van der Waals surface area (Å²) < 4.78 is 7.22. The second kappa shape index (κ2) is 9.18. The van der Waals surface area contributed by atoms with Crippen molar-refractivity contribution in [1.82, 2.24) is 14.9 Å². The first-order valence-electron chi connectivity index (χ1n) is 9.63. The van der Waals surface area contributed by atoms with Gasteiger partial charge in [-0.05, 0) is 54.9 Å². The van der Waals surface area contributed by atoms with Gasteiger partial charge in [-0.1, -0.05) is 50.6 Å². The number of aromatic nitrogens is 3. The molecule has 0 amide bonds. The fraction of sp³-hybridized carbons (Fsp3) is 0.550. The van der Waals surface area contributed by atoms with Crippen LogP contribution in [0.5, 0.6) is 0 Å². The lowest BCUT2D eigenvalue weighted by molar-refractivity contribution is -0.152. The molecule has 0 bridgehead atoms. The Kier molecular flexibility index (Phi) is 6.88. The third kappa shape index (κ3) is 5.00. The van der Waals surface area contributed by atoms with Crippen LogP contribution in [-0.2, 0) is 9.53 Å². The molecule has 0 unspecified atom stereocenters. The zero-order valence-electron chi connectivity index (χ0n) is 16.5. The number of nitrogens with zero attached hydrogens (tertiary/aromatic N) is 3. The summed E-state index contributed by atoms with van der Waals surface area (Å²) in [5.74, 6) is 8.09. The Morgan fingerprint density at radius 2 is 2.04 bits per heavy atom. The summed E-state index contributed by atoms with van der Waals surface area (Å²) in [5.41, 5.74) is 0.810. The van der Waals surface area contributed by atoms with Gasteiger partial charge in [0.1, 0.15) is 6.10 Å². The van der Waals surface area contributed by atoms with Gasteiger partial charge in [0.05, 0.1) is 5.75 Å². The van der Waals surface area contributed by atoms with Crippen molar-refractivity contribution in [3.05, 3.63) is 29.3 Å². The van der Waals surface area contributed by atoms with Gasteiger partial charge in [0.25, 0.3) is 0 Å². The van der Waals surface area contributed by atoms with Gasteiger partial charge >= 0.3 is 5.97 Å². The van der Waals surface area contributed by atoms with Crippen LogP contribution in [0.1, 0.15) is 40.0 Å². The smallest absolute Gasteiger partial charge is 0.316 e. The van der Waals surface area contributed by atoms with E-state index >= 15 is 0 Å². The van der Waals surface area contributed by atoms with E-state index in [1.165, 1.54) is 22.9 Å². The molecule has 1 fully saturated rings. The van der Waals surface area contributed by atoms with E-state index in [-0.39, 0.29) is 17.8 Å². The van der Waals surface area contributed by atoms with E-state index < -0.39 is 0 Å². The third-order valence-corrected chi connectivity index (χ3v) is 6.50. The molecule has 1 aromatic carbocycles. The standard InChI is InChI=1S/C20H27ClN4O2S/c1-12(2)16-9-4-13(3)10-17(16)27-18(26)11-28-20-24-23-19(25(20)22)14-5-7-15(21)8-6-14/h5-8,12-13,16-17H,4,9-11,22H2,1-3H3/t13-,16-,17+/m1/s1. The normalized spacial score (nSPS) is 22.4. The third-order valence-electron chi connectivity index (χ3n) is 5.33. The summed E-state index contributed by atoms with van der Waals surface area (Å²) in [6, 6.07) is 7.20. The van der Waals surface area contributed by atoms with Gasteiger partial charge in [0, 0.05) is 10.6 Å². The van der Waals surface area contributed by atoms with Crippen LogP contribution in [0.15, 0.2) is 29.4 Å². The lowest BCUT2D eigenvalue weighted by Crippen LogP contribution is -2.36. The fourth-order valence-electron chi connectivity index (χ4n) is 3.75. The van der Waals surface area contributed by atoms with Crippen LogP contribution >= 0.6 is 23.4 Å². The number of rotatable bonds is 6. The van der Waals surface area contributed by atoms with Gasteiger partial charge < -0.3 is 10.6 Å². The molecule has 3 rings (SSSR count). The zero-order valence-corrected chi connectivity index (χ0v) is 18.0. The average Bonchev–Trinajstić information content (AvgIpc) is 3.01. The Morgan fingerprint density at radius 1 is 1.32 bits per heavy atom. The Balaban J connectivity index is 1.59. The lowest BCUT2D eigenvalue weighted by Gasteiger charge is -2.36. The summed E-state index contributed by atoms with van der Waals surface area (Å²) >= 11 is 7.15. The molecule has 0 radical (unpaired) electrons. The molecular formula is C20H27ClN4O2S. The monoisotopic (exact) mass is 422 g/mol. The van der Waals surface area contributed by atoms with E-state index in [4.69, 9.17) is 22.2 Å². The Hall–Kier alpha value is -1.73. The van der Waals surface area contributed by atoms with E-state index in [1.807, 2.05) is 12.1 Å². The van der Waals surface area contributed by atoms with Crippen molar-refractivity contribution in [2.75, 3.05) is 11.6 Å². The number of hydrogen-bond donors (Lipinski definition) is 1. The molecule has 0 spiro atoms. The molecule has 2 N–H and O–H groups in total. The van der Waals surface area contributed by atoms with Crippen LogP contribution in [0, 0.1) is 17.8 Å². The number of nitrogens with two attached hydrogens (primary N) is 1. The van der Waals surface area contributed by atoms with E-state index in [2.05, 4.69) is 31.0 Å². The highest BCUT2D eigenvalue weighted by atomic mass is 35.5. The van der Waals surface area contributed by atoms with Gasteiger partial charge in [-0.3, -0.25) is 4.79 Å². The first-order valence-corrected chi connectivity index (χ1v) is 11.0. The minimum absolute atomic E-state index is 0.00257. The molecule has 3 atom stereocenters. The van der Waals surface area contributed by atoms with Crippen LogP contribution in [-0.4, -0.2) is 32.7 Å². The highest BCUT2D eigenvalue weighted by molar-refractivity contribution is 7.99. The van der Waals surface area contributed by atoms with Crippen LogP contribution in [0.25, 0.3) is 11.4 Å². The van der Waals surface area contributed by atoms with Crippen molar-refractivity contribution in [3.8, 4) is 11.4 Å². The molecule has 0 aliphatic heterocycles. The number of hydrogen-bond acceptors (Lipinski definition) is 6. The summed E-state index contributed by atoms with van der Waals surface area (Å²) in [4.78, 5) is 12.4. The molecule has 1 saturated carbocycles. The molecule has 8 heteroatoms. The number of carbonyl (C=O) groups excluding carboxylic acids is 1. The number of ether oxygens (including phenoxy) is 1. The van der Waals surface area contributed by atoms with Crippen LogP contribution in [0.3, 0.4) is 0 Å². The fourth-order valence-corrected chi connectivity index (χ4v) is 4.51. The minimum Gasteiger partial charge on any atom is -0.461 e. The maximum absolute atomic E-state index is 12.4. The van der Waals surface area contributed by atoms with E-state index in [0.29, 0.717) is 33.8 Å². The van der Waals surface area contributed by atoms with Gasteiger partial charge in [-0.2, -0.15) is 0 Å². The molecule has 28 heavy (non-hydrogen) atoms. The maximum Gasteiger partial charge on any atom is 0.316 e. The Labute approximate surface area is 175 Å². The first-order chi connectivity index (χ1) is 13.3. The van der Waals surface area contributed by atoms with Gasteiger partial charge in [0.15, 0.2) is 5.82 Å². The molecule has 1 aliphatic carbocycles. The largest absolute Gasteiger partial charge is 0.461 e. The summed E-state index contributed by atoms with van der Waals surface area (Å²) in [6.45, 7) is 6.62. The van der Waals surface area contributed by atoms with Crippen LogP contribution in [0.4, 0.5) is 0 Å². The lowest BCUT2D eigenvalue weighted by atomic mass is 9.75. The van der Waals surface area contributed by atoms with Gasteiger partial charge in [0.2, 0.25) is 5.16 Å². The van der Waals surface area contributed by atoms with Crippen molar-refractivity contribution < 1.29 is 9.53 Å². The van der Waals surface area contributed by atoms with Crippen molar-refractivity contribution in [1.29, 1.82) is 0 Å². The number of nitrogen functional groups attached to an aromatic ring is 1. The zero-order chi connectivity index (χ0) is 20.3. The van der Waals surface area contributed by atoms with Crippen molar-refractivity contribution in [2.24, 2.45) is 17.8 Å². The predicted molar refractivity (Wildman–Crippen MR) is 113 cm³/mol. The summed E-state index contributed by atoms with van der Waals surface area (Å²) in [5, 5.41) is 9.34. The van der Waals surface area contributed by atoms with E-state index in [0.717, 1.165) is 18.4 Å². The molecule has 152 valence electrons. The molecule has 2 aromatic rings. The molecule has 1 aromatic heterocycles. The van der Waals surface area contributed by atoms with Crippen molar-refractivity contribution in [3.63, 3.8) is 0 Å². The number of thioether (sulfide) groups is 1. The highest BCUT2D eigenvalue weighted by Crippen LogP contribution is 2.35. The molecule has 0 saturated heterocycles. The Bertz CT molecular complexity index is 809. The summed E-state index contributed by atoms with van der Waals surface area (Å²) in [6.07, 6.45) is 3.26. The molecule has 1 aliphatic rings. The van der Waals surface area contributed by atoms with Crippen molar-refractivity contribution in [2.45, 2.75) is 51.3 Å². The van der Waals surface area contributed by atoms with Crippen molar-refractivity contribution >= 4 is 29.3 Å². The predicted octanol–water partition coefficient (Wildman–Crippen LogP) is 4.41. The molecule has 6 nitrogen and oxygen atoms in total. The van der Waals surface area contributed by atoms with Gasteiger partial charge in [-0.25, -0.2) is 4.68 Å². The number of benzene rings is 1. The van der Waals surface area contributed by atoms with Crippen LogP contribution < -0.4 is 5.84 Å². The maximum atomic E-state index is 12.4.